The van der Waals surface area contributed by atoms with E-state index in [1.807, 2.05) is 6.92 Å². The van der Waals surface area contributed by atoms with E-state index < -0.39 is 6.04 Å². The molecule has 1 N–H and O–H groups in total. The summed E-state index contributed by atoms with van der Waals surface area (Å²) >= 11 is 3.23. The van der Waals surface area contributed by atoms with Crippen molar-refractivity contribution in [3.05, 3.63) is 34.1 Å². The Labute approximate surface area is 125 Å². The van der Waals surface area contributed by atoms with Crippen LogP contribution in [0.5, 0.6) is 0 Å². The van der Waals surface area contributed by atoms with Crippen LogP contribution in [0.2, 0.25) is 0 Å². The Hall–Kier alpha value is -1.43. The van der Waals surface area contributed by atoms with Crippen molar-refractivity contribution in [2.75, 3.05) is 6.54 Å². The van der Waals surface area contributed by atoms with E-state index >= 15 is 0 Å². The number of nitrogens with one attached hydrogen (secondary N) is 1. The van der Waals surface area contributed by atoms with Gasteiger partial charge in [0.1, 0.15) is 11.9 Å². The second-order valence-electron chi connectivity index (χ2n) is 4.82. The van der Waals surface area contributed by atoms with Gasteiger partial charge in [0.15, 0.2) is 0 Å². The van der Waals surface area contributed by atoms with E-state index in [9.17, 15) is 14.0 Å². The third kappa shape index (κ3) is 3.36. The minimum absolute atomic E-state index is 0.00946. The molecule has 4 nitrogen and oxygen atoms in total. The number of carbonyl (C=O) groups is 2. The maximum Gasteiger partial charge on any atom is 0.243 e. The fourth-order valence-electron chi connectivity index (χ4n) is 2.36. The fourth-order valence-corrected chi connectivity index (χ4v) is 2.87. The molecule has 0 aliphatic carbocycles. The molecule has 1 aliphatic heterocycles. The molecule has 0 spiro atoms. The Morgan fingerprint density at radius 1 is 1.40 bits per heavy atom. The van der Waals surface area contributed by atoms with Crippen LogP contribution in [0.3, 0.4) is 0 Å². The zero-order chi connectivity index (χ0) is 14.7. The number of hydrogen-bond acceptors (Lipinski definition) is 2. The number of piperazine rings is 1. The molecule has 6 heteroatoms. The first-order valence-electron chi connectivity index (χ1n) is 6.53. The standard InChI is InChI=1S/C14H16BrFN2O2/c1-2-3-12-14(20)17-7-13(19)18(12)8-9-4-10(15)6-11(16)5-9/h4-6,12H,2-3,7-8H2,1H3,(H,17,20). The lowest BCUT2D eigenvalue weighted by Crippen LogP contribution is -2.57. The number of halogens is 2. The van der Waals surface area contributed by atoms with E-state index in [2.05, 4.69) is 21.2 Å². The zero-order valence-electron chi connectivity index (χ0n) is 11.2. The molecule has 1 aromatic rings. The number of amides is 2. The molecule has 1 atom stereocenters. The summed E-state index contributed by atoms with van der Waals surface area (Å²) in [5.74, 6) is -0.638. The third-order valence-electron chi connectivity index (χ3n) is 3.25. The van der Waals surface area contributed by atoms with Gasteiger partial charge in [0.05, 0.1) is 6.54 Å². The van der Waals surface area contributed by atoms with Crippen LogP contribution in [0.15, 0.2) is 22.7 Å². The van der Waals surface area contributed by atoms with Gasteiger partial charge in [-0.3, -0.25) is 9.59 Å². The molecule has 20 heavy (non-hydrogen) atoms. The van der Waals surface area contributed by atoms with Crippen LogP contribution < -0.4 is 5.32 Å². The van der Waals surface area contributed by atoms with Crippen molar-refractivity contribution >= 4 is 27.7 Å². The van der Waals surface area contributed by atoms with Gasteiger partial charge in [0.25, 0.3) is 0 Å². The molecule has 1 fully saturated rings. The number of nitrogens with zero attached hydrogens (tertiary/aromatic N) is 1. The molecule has 1 saturated heterocycles. The maximum absolute atomic E-state index is 13.4. The summed E-state index contributed by atoms with van der Waals surface area (Å²) in [5, 5.41) is 2.59. The molecule has 0 aromatic heterocycles. The van der Waals surface area contributed by atoms with Crippen LogP contribution in [0, 0.1) is 5.82 Å². The number of carbonyl (C=O) groups excluding carboxylic acids is 2. The van der Waals surface area contributed by atoms with Crippen LogP contribution >= 0.6 is 15.9 Å². The van der Waals surface area contributed by atoms with Crippen LogP contribution in [-0.4, -0.2) is 29.3 Å². The highest BCUT2D eigenvalue weighted by atomic mass is 79.9. The van der Waals surface area contributed by atoms with E-state index in [-0.39, 0.29) is 30.7 Å². The summed E-state index contributed by atoms with van der Waals surface area (Å²) in [6.07, 6.45) is 1.41. The Bertz CT molecular complexity index is 516. The Morgan fingerprint density at radius 3 is 2.80 bits per heavy atom. The monoisotopic (exact) mass is 342 g/mol. The normalized spacial score (nSPS) is 19.1. The predicted molar refractivity (Wildman–Crippen MR) is 76.4 cm³/mol. The average molecular weight is 343 g/mol. The smallest absolute Gasteiger partial charge is 0.243 e. The van der Waals surface area contributed by atoms with Gasteiger partial charge in [0.2, 0.25) is 11.8 Å². The van der Waals surface area contributed by atoms with E-state index in [0.29, 0.717) is 16.5 Å². The Morgan fingerprint density at radius 2 is 2.15 bits per heavy atom. The lowest BCUT2D eigenvalue weighted by molar-refractivity contribution is -0.146. The highest BCUT2D eigenvalue weighted by Crippen LogP contribution is 2.20. The third-order valence-corrected chi connectivity index (χ3v) is 3.71. The Kier molecular flexibility index (Phi) is 4.75. The molecule has 0 saturated carbocycles. The molecule has 2 amide bonds. The summed E-state index contributed by atoms with van der Waals surface area (Å²) in [5.41, 5.74) is 0.668. The van der Waals surface area contributed by atoms with Gasteiger partial charge >= 0.3 is 0 Å². The molecule has 0 bridgehead atoms. The summed E-state index contributed by atoms with van der Waals surface area (Å²) in [4.78, 5) is 25.4. The average Bonchev–Trinajstić information content (AvgIpc) is 2.37. The number of hydrogen-bond donors (Lipinski definition) is 1. The van der Waals surface area contributed by atoms with Gasteiger partial charge in [-0.2, -0.15) is 0 Å². The molecule has 1 aromatic carbocycles. The van der Waals surface area contributed by atoms with Gasteiger partial charge in [-0.25, -0.2) is 4.39 Å². The SMILES string of the molecule is CCCC1C(=O)NCC(=O)N1Cc1cc(F)cc(Br)c1. The van der Waals surface area contributed by atoms with Crippen molar-refractivity contribution in [1.82, 2.24) is 10.2 Å². The highest BCUT2D eigenvalue weighted by Gasteiger charge is 2.33. The quantitative estimate of drug-likeness (QED) is 0.911. The second kappa shape index (κ2) is 6.35. The Balaban J connectivity index is 2.22. The topological polar surface area (TPSA) is 49.4 Å². The molecule has 1 unspecified atom stereocenters. The minimum atomic E-state index is -0.469. The van der Waals surface area contributed by atoms with Gasteiger partial charge in [-0.05, 0) is 30.2 Å². The summed E-state index contributed by atoms with van der Waals surface area (Å²) < 4.78 is 14.0. The van der Waals surface area contributed by atoms with Crippen LogP contribution in [-0.2, 0) is 16.1 Å². The van der Waals surface area contributed by atoms with Gasteiger partial charge < -0.3 is 10.2 Å². The lowest BCUT2D eigenvalue weighted by Gasteiger charge is -2.35. The van der Waals surface area contributed by atoms with Crippen LogP contribution in [0.1, 0.15) is 25.3 Å². The molecule has 1 aliphatic rings. The molecule has 0 radical (unpaired) electrons. The van der Waals surface area contributed by atoms with E-state index in [4.69, 9.17) is 0 Å². The molecular weight excluding hydrogens is 327 g/mol. The first kappa shape index (κ1) is 15.0. The minimum Gasteiger partial charge on any atom is -0.345 e. The summed E-state index contributed by atoms with van der Waals surface area (Å²) in [7, 11) is 0. The molecule has 108 valence electrons. The molecule has 1 heterocycles. The zero-order valence-corrected chi connectivity index (χ0v) is 12.7. The van der Waals surface area contributed by atoms with Crippen molar-refractivity contribution in [2.45, 2.75) is 32.4 Å². The van der Waals surface area contributed by atoms with E-state index in [1.165, 1.54) is 17.0 Å². The highest BCUT2D eigenvalue weighted by molar-refractivity contribution is 9.10. The van der Waals surface area contributed by atoms with E-state index in [1.54, 1.807) is 6.07 Å². The van der Waals surface area contributed by atoms with Crippen molar-refractivity contribution in [3.63, 3.8) is 0 Å². The van der Waals surface area contributed by atoms with Crippen molar-refractivity contribution < 1.29 is 14.0 Å². The van der Waals surface area contributed by atoms with Crippen molar-refractivity contribution in [3.8, 4) is 0 Å². The largest absolute Gasteiger partial charge is 0.345 e. The van der Waals surface area contributed by atoms with Crippen molar-refractivity contribution in [2.24, 2.45) is 0 Å². The maximum atomic E-state index is 13.4. The summed E-state index contributed by atoms with van der Waals surface area (Å²) in [6, 6.07) is 4.03. The van der Waals surface area contributed by atoms with E-state index in [0.717, 1.165) is 6.42 Å². The summed E-state index contributed by atoms with van der Waals surface area (Å²) in [6.45, 7) is 2.21. The number of rotatable bonds is 4. The first-order chi connectivity index (χ1) is 9.51. The van der Waals surface area contributed by atoms with Gasteiger partial charge in [0, 0.05) is 11.0 Å². The predicted octanol–water partition coefficient (Wildman–Crippen LogP) is 2.22. The lowest BCUT2D eigenvalue weighted by atomic mass is 10.1. The number of benzene rings is 1. The second-order valence-corrected chi connectivity index (χ2v) is 5.74. The molecule has 2 rings (SSSR count). The van der Waals surface area contributed by atoms with Crippen molar-refractivity contribution in [1.29, 1.82) is 0 Å². The fraction of sp³-hybridized carbons (Fsp3) is 0.429. The van der Waals surface area contributed by atoms with Gasteiger partial charge in [-0.1, -0.05) is 29.3 Å². The van der Waals surface area contributed by atoms with Crippen LogP contribution in [0.4, 0.5) is 4.39 Å². The van der Waals surface area contributed by atoms with Gasteiger partial charge in [-0.15, -0.1) is 0 Å². The van der Waals surface area contributed by atoms with Crippen LogP contribution in [0.25, 0.3) is 0 Å². The molecular formula is C14H16BrFN2O2. The first-order valence-corrected chi connectivity index (χ1v) is 7.32.